The summed E-state index contributed by atoms with van der Waals surface area (Å²) < 4.78 is 19.5. The van der Waals surface area contributed by atoms with Crippen LogP contribution in [0.25, 0.3) is 0 Å². The molecule has 1 atom stereocenters. The van der Waals surface area contributed by atoms with Crippen molar-refractivity contribution in [1.82, 2.24) is 9.88 Å². The van der Waals surface area contributed by atoms with Gasteiger partial charge in [-0.2, -0.15) is 0 Å². The van der Waals surface area contributed by atoms with Crippen LogP contribution in [-0.2, 0) is 21.6 Å². The van der Waals surface area contributed by atoms with Crippen molar-refractivity contribution in [2.24, 2.45) is 0 Å². The topological polar surface area (TPSA) is 82.9 Å². The van der Waals surface area contributed by atoms with E-state index in [1.807, 2.05) is 41.7 Å². The Morgan fingerprint density at radius 3 is 2.31 bits per heavy atom. The molecule has 0 amide bonds. The molecule has 1 aromatic heterocycles. The summed E-state index contributed by atoms with van der Waals surface area (Å²) in [7, 11) is 1.97. The number of ether oxygens (including phenoxy) is 1. The number of alkyl halides is 1. The summed E-state index contributed by atoms with van der Waals surface area (Å²) in [5, 5.41) is 18.5. The minimum absolute atomic E-state index is 0.255. The quantitative estimate of drug-likeness (QED) is 0.690. The van der Waals surface area contributed by atoms with Crippen LogP contribution in [0.3, 0.4) is 0 Å². The lowest BCUT2D eigenvalue weighted by Gasteiger charge is -2.34. The van der Waals surface area contributed by atoms with Gasteiger partial charge in [0.05, 0.1) is 23.4 Å². The molecule has 0 saturated carbocycles. The highest BCUT2D eigenvalue weighted by Crippen LogP contribution is 2.39. The molecule has 2 rings (SSSR count). The van der Waals surface area contributed by atoms with E-state index in [4.69, 9.17) is 16.7 Å². The summed E-state index contributed by atoms with van der Waals surface area (Å²) in [6, 6.07) is 1.63. The fourth-order valence-electron chi connectivity index (χ4n) is 2.61. The van der Waals surface area contributed by atoms with Gasteiger partial charge in [-0.1, -0.05) is 25.4 Å². The van der Waals surface area contributed by atoms with Crippen LogP contribution in [0.15, 0.2) is 12.3 Å². The van der Waals surface area contributed by atoms with Gasteiger partial charge in [-0.3, -0.25) is 9.78 Å². The number of aromatic nitrogens is 1. The van der Waals surface area contributed by atoms with Crippen molar-refractivity contribution in [2.75, 3.05) is 26.7 Å². The molecule has 1 fully saturated rings. The monoisotopic (exact) mass is 434 g/mol. The summed E-state index contributed by atoms with van der Waals surface area (Å²) in [6.45, 7) is 11.0. The van der Waals surface area contributed by atoms with Crippen molar-refractivity contribution in [2.45, 2.75) is 71.3 Å². The Morgan fingerprint density at radius 2 is 1.93 bits per heavy atom. The van der Waals surface area contributed by atoms with E-state index in [1.165, 1.54) is 6.20 Å². The first kappa shape index (κ1) is 27.7. The molecule has 0 spiro atoms. The largest absolute Gasteiger partial charge is 0.462 e. The van der Waals surface area contributed by atoms with E-state index in [1.54, 1.807) is 6.07 Å². The first-order valence-electron chi connectivity index (χ1n) is 9.93. The summed E-state index contributed by atoms with van der Waals surface area (Å²) in [4.78, 5) is 15.8. The van der Waals surface area contributed by atoms with Crippen LogP contribution < -0.4 is 0 Å². The average molecular weight is 435 g/mol. The van der Waals surface area contributed by atoms with Crippen LogP contribution in [0, 0.1) is 0 Å². The number of carbonyl (C=O) groups is 1. The summed E-state index contributed by atoms with van der Waals surface area (Å²) in [5.41, 5.74) is -0.814. The maximum absolute atomic E-state index is 14.9. The molecule has 2 heterocycles. The van der Waals surface area contributed by atoms with E-state index in [-0.39, 0.29) is 24.3 Å². The highest BCUT2D eigenvalue weighted by molar-refractivity contribution is 6.31. The smallest absolute Gasteiger partial charge is 0.293 e. The maximum Gasteiger partial charge on any atom is 0.293 e. The Morgan fingerprint density at radius 1 is 1.38 bits per heavy atom. The van der Waals surface area contributed by atoms with E-state index in [2.05, 4.69) is 14.6 Å². The number of carbonyl (C=O) groups excluding carboxylic acids is 1. The van der Waals surface area contributed by atoms with Crippen molar-refractivity contribution in [3.63, 3.8) is 0 Å². The molecular formula is C21H36ClFN2O4. The predicted octanol–water partition coefficient (Wildman–Crippen LogP) is 3.51. The van der Waals surface area contributed by atoms with Gasteiger partial charge in [0.2, 0.25) is 0 Å². The molecule has 0 aliphatic carbocycles. The summed E-state index contributed by atoms with van der Waals surface area (Å²) in [6.07, 6.45) is 1.70. The van der Waals surface area contributed by atoms with Gasteiger partial charge >= 0.3 is 0 Å². The molecule has 168 valence electrons. The van der Waals surface area contributed by atoms with Gasteiger partial charge in [-0.25, -0.2) is 4.39 Å². The zero-order chi connectivity index (χ0) is 22.7. The first-order chi connectivity index (χ1) is 13.5. The Kier molecular flexibility index (Phi) is 12.5. The van der Waals surface area contributed by atoms with Gasteiger partial charge in [0.1, 0.15) is 5.60 Å². The standard InChI is InChI=1S/C14H20ClFN2O2.C5H10O2.C2H6/c1-18-4-2-14(16,3-5-18)13-12(15)7-10(8-17-13)6-11(20)9-19;1-5(2,3)7-4-6;1-2/h7-8,11,19-20H,2-6,9H2,1H3;4H,1-3H3;1-2H3/t11-;;/m1../s1. The SMILES string of the molecule is CC.CC(C)(C)OC=O.CN1CCC(F)(c2ncc(C[C@@H](O)CO)cc2Cl)CC1. The van der Waals surface area contributed by atoms with Crippen molar-refractivity contribution in [1.29, 1.82) is 0 Å². The van der Waals surface area contributed by atoms with Gasteiger partial charge in [0, 0.05) is 25.7 Å². The molecule has 1 saturated heterocycles. The number of pyridine rings is 1. The zero-order valence-electron chi connectivity index (χ0n) is 18.4. The van der Waals surface area contributed by atoms with E-state index < -0.39 is 11.8 Å². The van der Waals surface area contributed by atoms with Crippen molar-refractivity contribution in [3.8, 4) is 0 Å². The van der Waals surface area contributed by atoms with Crippen molar-refractivity contribution >= 4 is 18.1 Å². The van der Waals surface area contributed by atoms with Crippen LogP contribution in [0.2, 0.25) is 5.02 Å². The fraction of sp³-hybridized carbons (Fsp3) is 0.714. The molecule has 1 aliphatic heterocycles. The molecule has 0 radical (unpaired) electrons. The summed E-state index contributed by atoms with van der Waals surface area (Å²) >= 11 is 6.16. The molecule has 1 aromatic rings. The number of nitrogens with zero attached hydrogens (tertiary/aromatic N) is 2. The zero-order valence-corrected chi connectivity index (χ0v) is 19.2. The van der Waals surface area contributed by atoms with E-state index in [9.17, 15) is 14.3 Å². The highest BCUT2D eigenvalue weighted by Gasteiger charge is 2.38. The Bertz CT molecular complexity index is 603. The first-order valence-corrected chi connectivity index (χ1v) is 10.3. The lowest BCUT2D eigenvalue weighted by Crippen LogP contribution is -2.38. The van der Waals surface area contributed by atoms with Crippen LogP contribution in [-0.4, -0.2) is 65.0 Å². The second kappa shape index (κ2) is 13.1. The minimum Gasteiger partial charge on any atom is -0.462 e. The number of hydrogen-bond acceptors (Lipinski definition) is 6. The van der Waals surface area contributed by atoms with Crippen molar-refractivity contribution < 1.29 is 24.1 Å². The number of rotatable bonds is 5. The third kappa shape index (κ3) is 10.3. The molecule has 6 nitrogen and oxygen atoms in total. The molecule has 2 N–H and O–H groups in total. The molecular weight excluding hydrogens is 399 g/mol. The molecule has 0 aromatic carbocycles. The second-order valence-corrected chi connectivity index (χ2v) is 8.22. The van der Waals surface area contributed by atoms with Crippen molar-refractivity contribution in [3.05, 3.63) is 28.5 Å². The number of aliphatic hydroxyl groups excluding tert-OH is 2. The Hall–Kier alpha value is -1.28. The molecule has 0 bridgehead atoms. The lowest BCUT2D eigenvalue weighted by atomic mass is 9.89. The van der Waals surface area contributed by atoms with Crippen LogP contribution in [0.5, 0.6) is 0 Å². The number of piperidine rings is 1. The van der Waals surface area contributed by atoms with Crippen LogP contribution in [0.4, 0.5) is 4.39 Å². The van der Waals surface area contributed by atoms with Gasteiger partial charge in [-0.05, 0) is 52.3 Å². The normalized spacial score (nSPS) is 17.2. The Labute approximate surface area is 179 Å². The number of hydrogen-bond donors (Lipinski definition) is 2. The summed E-state index contributed by atoms with van der Waals surface area (Å²) in [5.74, 6) is 0. The highest BCUT2D eigenvalue weighted by atomic mass is 35.5. The number of aliphatic hydroxyl groups is 2. The maximum atomic E-state index is 14.9. The lowest BCUT2D eigenvalue weighted by molar-refractivity contribution is -0.138. The third-order valence-corrected chi connectivity index (χ3v) is 4.47. The van der Waals surface area contributed by atoms with E-state index in [0.29, 0.717) is 43.0 Å². The average Bonchev–Trinajstić information content (AvgIpc) is 2.65. The fourth-order valence-corrected chi connectivity index (χ4v) is 2.97. The third-order valence-electron chi connectivity index (χ3n) is 4.19. The van der Waals surface area contributed by atoms with Gasteiger partial charge in [0.25, 0.3) is 6.47 Å². The number of halogens is 2. The van der Waals surface area contributed by atoms with Gasteiger partial charge < -0.3 is 19.8 Å². The number of likely N-dealkylation sites (tertiary alicyclic amines) is 1. The van der Waals surface area contributed by atoms with Crippen LogP contribution in [0.1, 0.15) is 58.7 Å². The second-order valence-electron chi connectivity index (χ2n) is 7.81. The Balaban J connectivity index is 0.000000740. The molecule has 8 heteroatoms. The minimum atomic E-state index is -1.47. The van der Waals surface area contributed by atoms with E-state index in [0.717, 1.165) is 0 Å². The predicted molar refractivity (Wildman–Crippen MR) is 114 cm³/mol. The van der Waals surface area contributed by atoms with Gasteiger partial charge in [0.15, 0.2) is 5.67 Å². The molecule has 0 unspecified atom stereocenters. The molecule has 1 aliphatic rings. The van der Waals surface area contributed by atoms with E-state index >= 15 is 0 Å². The van der Waals surface area contributed by atoms with Gasteiger partial charge in [-0.15, -0.1) is 0 Å². The van der Waals surface area contributed by atoms with Crippen LogP contribution >= 0.6 is 11.6 Å². The molecule has 29 heavy (non-hydrogen) atoms.